The van der Waals surface area contributed by atoms with Gasteiger partial charge in [0.1, 0.15) is 10.8 Å². The molecule has 1 aromatic carbocycles. The smallest absolute Gasteiger partial charge is 0.256 e. The van der Waals surface area contributed by atoms with Crippen molar-refractivity contribution < 1.29 is 9.18 Å². The number of thioether (sulfide) groups is 1. The van der Waals surface area contributed by atoms with Crippen LogP contribution in [0.1, 0.15) is 28.8 Å². The summed E-state index contributed by atoms with van der Waals surface area (Å²) in [4.78, 5) is 21.9. The van der Waals surface area contributed by atoms with Crippen molar-refractivity contribution in [2.45, 2.75) is 23.6 Å². The Hall–Kier alpha value is -1.92. The third-order valence-electron chi connectivity index (χ3n) is 5.16. The molecule has 1 saturated carbocycles. The molecule has 0 atom stereocenters. The molecule has 1 aliphatic carbocycles. The van der Waals surface area contributed by atoms with E-state index in [4.69, 9.17) is 0 Å². The van der Waals surface area contributed by atoms with Gasteiger partial charge in [-0.25, -0.2) is 9.37 Å². The number of carbonyl (C=O) groups excluding carboxylic acids is 1. The van der Waals surface area contributed by atoms with E-state index in [0.717, 1.165) is 42.7 Å². The molecule has 6 heteroatoms. The van der Waals surface area contributed by atoms with Gasteiger partial charge in [0.15, 0.2) is 0 Å². The molecule has 2 heterocycles. The SMILES string of the molecule is O=C(c1cccnc1SCc1ccc(F)cc1)N1CCN(CC2CC2)CC1. The highest BCUT2D eigenvalue weighted by Crippen LogP contribution is 2.30. The molecule has 2 aliphatic rings. The van der Waals surface area contributed by atoms with Crippen LogP contribution in [0.15, 0.2) is 47.6 Å². The van der Waals surface area contributed by atoms with Gasteiger partial charge in [0, 0.05) is 44.7 Å². The van der Waals surface area contributed by atoms with Gasteiger partial charge in [-0.2, -0.15) is 0 Å². The van der Waals surface area contributed by atoms with Crippen molar-refractivity contribution in [3.05, 3.63) is 59.5 Å². The van der Waals surface area contributed by atoms with Crippen molar-refractivity contribution in [3.8, 4) is 0 Å². The van der Waals surface area contributed by atoms with Crippen LogP contribution in [-0.4, -0.2) is 53.4 Å². The summed E-state index contributed by atoms with van der Waals surface area (Å²) in [5, 5.41) is 0.743. The van der Waals surface area contributed by atoms with Gasteiger partial charge in [0.2, 0.25) is 0 Å². The maximum absolute atomic E-state index is 13.1. The zero-order chi connectivity index (χ0) is 18.6. The highest BCUT2D eigenvalue weighted by atomic mass is 32.2. The molecule has 142 valence electrons. The van der Waals surface area contributed by atoms with Crippen molar-refractivity contribution in [1.82, 2.24) is 14.8 Å². The van der Waals surface area contributed by atoms with E-state index in [1.165, 1.54) is 43.3 Å². The lowest BCUT2D eigenvalue weighted by Gasteiger charge is -2.35. The molecule has 0 N–H and O–H groups in total. The van der Waals surface area contributed by atoms with Crippen molar-refractivity contribution in [3.63, 3.8) is 0 Å². The number of benzene rings is 1. The van der Waals surface area contributed by atoms with Crippen molar-refractivity contribution >= 4 is 17.7 Å². The van der Waals surface area contributed by atoms with Crippen LogP contribution in [0.25, 0.3) is 0 Å². The molecule has 1 amide bonds. The number of hydrogen-bond acceptors (Lipinski definition) is 4. The topological polar surface area (TPSA) is 36.4 Å². The molecule has 1 aliphatic heterocycles. The van der Waals surface area contributed by atoms with Gasteiger partial charge in [-0.15, -0.1) is 11.8 Å². The van der Waals surface area contributed by atoms with E-state index in [1.54, 1.807) is 18.3 Å². The first-order valence-corrected chi connectivity index (χ1v) is 10.5. The molecule has 4 nitrogen and oxygen atoms in total. The Kier molecular flexibility index (Phi) is 5.74. The second-order valence-electron chi connectivity index (χ2n) is 7.31. The quantitative estimate of drug-likeness (QED) is 0.711. The van der Waals surface area contributed by atoms with Crippen LogP contribution in [0.5, 0.6) is 0 Å². The standard InChI is InChI=1S/C21H24FN3OS/c22-18-7-5-17(6-8-18)15-27-20-19(2-1-9-23-20)21(26)25-12-10-24(11-13-25)14-16-3-4-16/h1-2,5-9,16H,3-4,10-15H2. The summed E-state index contributed by atoms with van der Waals surface area (Å²) < 4.78 is 13.1. The first-order valence-electron chi connectivity index (χ1n) is 9.53. The molecular weight excluding hydrogens is 361 g/mol. The second-order valence-corrected chi connectivity index (χ2v) is 8.27. The van der Waals surface area contributed by atoms with E-state index >= 15 is 0 Å². The Morgan fingerprint density at radius 3 is 2.56 bits per heavy atom. The largest absolute Gasteiger partial charge is 0.336 e. The fourth-order valence-electron chi connectivity index (χ4n) is 3.37. The van der Waals surface area contributed by atoms with E-state index in [1.807, 2.05) is 17.0 Å². The second kappa shape index (κ2) is 8.40. The Morgan fingerprint density at radius 1 is 1.11 bits per heavy atom. The zero-order valence-electron chi connectivity index (χ0n) is 15.3. The minimum atomic E-state index is -0.238. The first-order chi connectivity index (χ1) is 13.2. The number of pyridine rings is 1. The summed E-state index contributed by atoms with van der Waals surface area (Å²) in [6, 6.07) is 10.1. The number of hydrogen-bond donors (Lipinski definition) is 0. The monoisotopic (exact) mass is 385 g/mol. The summed E-state index contributed by atoms with van der Waals surface area (Å²) in [6.07, 6.45) is 4.45. The van der Waals surface area contributed by atoms with Crippen LogP contribution in [0, 0.1) is 11.7 Å². The minimum absolute atomic E-state index is 0.0655. The molecule has 0 unspecified atom stereocenters. The van der Waals surface area contributed by atoms with Crippen LogP contribution >= 0.6 is 11.8 Å². The Balaban J connectivity index is 1.38. The maximum Gasteiger partial charge on any atom is 0.256 e. The number of amides is 1. The van der Waals surface area contributed by atoms with E-state index in [9.17, 15) is 9.18 Å². The lowest BCUT2D eigenvalue weighted by molar-refractivity contribution is 0.0628. The maximum atomic E-state index is 13.1. The Morgan fingerprint density at radius 2 is 1.85 bits per heavy atom. The minimum Gasteiger partial charge on any atom is -0.336 e. The summed E-state index contributed by atoms with van der Waals surface area (Å²) in [7, 11) is 0. The predicted octanol–water partition coefficient (Wildman–Crippen LogP) is 3.68. The average molecular weight is 386 g/mol. The molecule has 1 aromatic heterocycles. The summed E-state index contributed by atoms with van der Waals surface area (Å²) >= 11 is 1.52. The van der Waals surface area contributed by atoms with Crippen LogP contribution in [0.4, 0.5) is 4.39 Å². The van der Waals surface area contributed by atoms with Crippen LogP contribution < -0.4 is 0 Å². The average Bonchev–Trinajstić information content (AvgIpc) is 3.52. The van der Waals surface area contributed by atoms with Gasteiger partial charge >= 0.3 is 0 Å². The van der Waals surface area contributed by atoms with Crippen LogP contribution in [0.2, 0.25) is 0 Å². The molecular formula is C21H24FN3OS. The van der Waals surface area contributed by atoms with Crippen molar-refractivity contribution in [2.24, 2.45) is 5.92 Å². The summed E-state index contributed by atoms with van der Waals surface area (Å²) in [5.74, 6) is 1.38. The summed E-state index contributed by atoms with van der Waals surface area (Å²) in [6.45, 7) is 4.67. The Bertz CT molecular complexity index is 786. The van der Waals surface area contributed by atoms with Gasteiger partial charge in [0.25, 0.3) is 5.91 Å². The number of rotatable bonds is 6. The lowest BCUT2D eigenvalue weighted by atomic mass is 10.2. The first kappa shape index (κ1) is 18.4. The van der Waals surface area contributed by atoms with Crippen LogP contribution in [0.3, 0.4) is 0 Å². The summed E-state index contributed by atoms with van der Waals surface area (Å²) in [5.41, 5.74) is 1.68. The number of piperazine rings is 1. The third-order valence-corrected chi connectivity index (χ3v) is 6.24. The molecule has 1 saturated heterocycles. The molecule has 0 radical (unpaired) electrons. The van der Waals surface area contributed by atoms with Crippen molar-refractivity contribution in [1.29, 1.82) is 0 Å². The Labute approximate surface area is 163 Å². The predicted molar refractivity (Wildman–Crippen MR) is 105 cm³/mol. The van der Waals surface area contributed by atoms with Gasteiger partial charge in [-0.1, -0.05) is 12.1 Å². The molecule has 2 fully saturated rings. The van der Waals surface area contributed by atoms with E-state index < -0.39 is 0 Å². The number of aromatic nitrogens is 1. The highest BCUT2D eigenvalue weighted by Gasteiger charge is 2.28. The fraction of sp³-hybridized carbons (Fsp3) is 0.429. The van der Waals surface area contributed by atoms with Crippen LogP contribution in [-0.2, 0) is 5.75 Å². The van der Waals surface area contributed by atoms with Gasteiger partial charge in [0.05, 0.1) is 5.56 Å². The number of carbonyl (C=O) groups is 1. The molecule has 0 spiro atoms. The van der Waals surface area contributed by atoms with Gasteiger partial charge < -0.3 is 4.90 Å². The fourth-order valence-corrected chi connectivity index (χ4v) is 4.31. The molecule has 2 aromatic rings. The molecule has 27 heavy (non-hydrogen) atoms. The van der Waals surface area contributed by atoms with E-state index in [-0.39, 0.29) is 11.7 Å². The molecule has 4 rings (SSSR count). The van der Waals surface area contributed by atoms with E-state index in [2.05, 4.69) is 9.88 Å². The van der Waals surface area contributed by atoms with Crippen molar-refractivity contribution in [2.75, 3.05) is 32.7 Å². The molecule has 0 bridgehead atoms. The lowest BCUT2D eigenvalue weighted by Crippen LogP contribution is -2.49. The normalized spacial score (nSPS) is 17.9. The van der Waals surface area contributed by atoms with Gasteiger partial charge in [-0.3, -0.25) is 9.69 Å². The number of halogens is 1. The van der Waals surface area contributed by atoms with E-state index in [0.29, 0.717) is 11.3 Å². The third kappa shape index (κ3) is 4.87. The number of nitrogens with zero attached hydrogens (tertiary/aromatic N) is 3. The van der Waals surface area contributed by atoms with Gasteiger partial charge in [-0.05, 0) is 48.6 Å². The highest BCUT2D eigenvalue weighted by molar-refractivity contribution is 7.98. The zero-order valence-corrected chi connectivity index (χ0v) is 16.1.